The lowest BCUT2D eigenvalue weighted by Crippen LogP contribution is -2.39. The van der Waals surface area contributed by atoms with Crippen molar-refractivity contribution in [1.82, 2.24) is 15.5 Å². The van der Waals surface area contributed by atoms with Gasteiger partial charge >= 0.3 is 0 Å². The van der Waals surface area contributed by atoms with Crippen molar-refractivity contribution in [2.45, 2.75) is 52.4 Å². The Hall–Kier alpha value is -0.0300. The number of carbonyl (C=O) groups is 1. The van der Waals surface area contributed by atoms with Gasteiger partial charge in [-0.25, -0.2) is 0 Å². The number of carbonyl (C=O) groups excluding carboxylic acids is 1. The van der Waals surface area contributed by atoms with E-state index < -0.39 is 0 Å². The largest absolute Gasteiger partial charge is 0.356 e. The van der Waals surface area contributed by atoms with Crippen molar-refractivity contribution in [3.8, 4) is 0 Å². The van der Waals surface area contributed by atoms with E-state index in [1.165, 1.54) is 51.7 Å². The van der Waals surface area contributed by atoms with Gasteiger partial charge in [-0.15, -0.1) is 24.8 Å². The van der Waals surface area contributed by atoms with Crippen molar-refractivity contribution >= 4 is 30.7 Å². The maximum Gasteiger partial charge on any atom is 0.220 e. The summed E-state index contributed by atoms with van der Waals surface area (Å²) < 4.78 is 0. The van der Waals surface area contributed by atoms with E-state index in [2.05, 4.69) is 29.4 Å². The Labute approximate surface area is 160 Å². The van der Waals surface area contributed by atoms with Gasteiger partial charge in [0.15, 0.2) is 0 Å². The molecule has 4 nitrogen and oxygen atoms in total. The molecule has 144 valence electrons. The minimum absolute atomic E-state index is 0. The second-order valence-electron chi connectivity index (χ2n) is 7.36. The predicted molar refractivity (Wildman–Crippen MR) is 106 cm³/mol. The molecule has 0 aromatic heterocycles. The van der Waals surface area contributed by atoms with E-state index in [9.17, 15) is 4.79 Å². The number of halogens is 2. The second kappa shape index (κ2) is 13.2. The van der Waals surface area contributed by atoms with Crippen LogP contribution in [0.4, 0.5) is 0 Å². The summed E-state index contributed by atoms with van der Waals surface area (Å²) in [7, 11) is 0. The van der Waals surface area contributed by atoms with Crippen molar-refractivity contribution in [2.75, 3.05) is 39.3 Å². The van der Waals surface area contributed by atoms with Crippen LogP contribution < -0.4 is 10.6 Å². The summed E-state index contributed by atoms with van der Waals surface area (Å²) in [5.41, 5.74) is 0. The van der Waals surface area contributed by atoms with Gasteiger partial charge in [0.2, 0.25) is 5.91 Å². The van der Waals surface area contributed by atoms with Crippen molar-refractivity contribution in [3.63, 3.8) is 0 Å². The molecule has 6 heteroatoms. The van der Waals surface area contributed by atoms with E-state index in [0.717, 1.165) is 25.6 Å². The normalized spacial score (nSPS) is 21.4. The van der Waals surface area contributed by atoms with Gasteiger partial charge in [0, 0.05) is 13.0 Å². The minimum Gasteiger partial charge on any atom is -0.356 e. The monoisotopic (exact) mass is 381 g/mol. The lowest BCUT2D eigenvalue weighted by atomic mass is 9.84. The SMILES string of the molecule is CCCN1CCC(CNC(=O)CC(C)C2CCNCC2)CC1.Cl.Cl. The first-order valence-electron chi connectivity index (χ1n) is 9.38. The fourth-order valence-electron chi connectivity index (χ4n) is 3.93. The maximum absolute atomic E-state index is 12.2. The molecule has 2 heterocycles. The van der Waals surface area contributed by atoms with Gasteiger partial charge in [0.1, 0.15) is 0 Å². The van der Waals surface area contributed by atoms with Gasteiger partial charge in [-0.05, 0) is 82.6 Å². The van der Waals surface area contributed by atoms with Gasteiger partial charge < -0.3 is 15.5 Å². The van der Waals surface area contributed by atoms with Crippen LogP contribution in [0, 0.1) is 17.8 Å². The second-order valence-corrected chi connectivity index (χ2v) is 7.36. The molecule has 0 aromatic rings. The Bertz CT molecular complexity index is 330. The van der Waals surface area contributed by atoms with Crippen LogP contribution in [0.3, 0.4) is 0 Å². The molecule has 1 amide bonds. The summed E-state index contributed by atoms with van der Waals surface area (Å²) in [5, 5.41) is 6.60. The van der Waals surface area contributed by atoms with Gasteiger partial charge in [-0.3, -0.25) is 4.79 Å². The summed E-state index contributed by atoms with van der Waals surface area (Å²) >= 11 is 0. The highest BCUT2D eigenvalue weighted by Gasteiger charge is 2.23. The van der Waals surface area contributed by atoms with Crippen molar-refractivity contribution in [2.24, 2.45) is 17.8 Å². The molecule has 1 unspecified atom stereocenters. The van der Waals surface area contributed by atoms with Crippen LogP contribution in [0.5, 0.6) is 0 Å². The number of likely N-dealkylation sites (tertiary alicyclic amines) is 1. The predicted octanol–water partition coefficient (Wildman–Crippen LogP) is 3.09. The van der Waals surface area contributed by atoms with Gasteiger partial charge in [-0.1, -0.05) is 13.8 Å². The summed E-state index contributed by atoms with van der Waals surface area (Å²) in [4.78, 5) is 14.7. The lowest BCUT2D eigenvalue weighted by molar-refractivity contribution is -0.122. The van der Waals surface area contributed by atoms with E-state index in [4.69, 9.17) is 0 Å². The molecule has 0 aromatic carbocycles. The van der Waals surface area contributed by atoms with Crippen LogP contribution in [-0.4, -0.2) is 50.1 Å². The average molecular weight is 382 g/mol. The minimum atomic E-state index is 0. The van der Waals surface area contributed by atoms with Crippen LogP contribution in [0.15, 0.2) is 0 Å². The van der Waals surface area contributed by atoms with Crippen molar-refractivity contribution in [1.29, 1.82) is 0 Å². The zero-order valence-electron chi connectivity index (χ0n) is 15.4. The quantitative estimate of drug-likeness (QED) is 0.711. The fraction of sp³-hybridized carbons (Fsp3) is 0.944. The third-order valence-electron chi connectivity index (χ3n) is 5.53. The third kappa shape index (κ3) is 8.37. The number of rotatable bonds is 7. The molecule has 2 aliphatic rings. The molecule has 1 atom stereocenters. The standard InChI is InChI=1S/C18H35N3O.2ClH/c1-3-10-21-11-6-16(7-12-21)14-20-18(22)13-15(2)17-4-8-19-9-5-17;;/h15-17,19H,3-14H2,1-2H3,(H,20,22);2*1H. The van der Waals surface area contributed by atoms with E-state index in [1.807, 2.05) is 0 Å². The molecule has 2 saturated heterocycles. The van der Waals surface area contributed by atoms with Crippen molar-refractivity contribution in [3.05, 3.63) is 0 Å². The highest BCUT2D eigenvalue weighted by molar-refractivity contribution is 5.85. The van der Waals surface area contributed by atoms with E-state index >= 15 is 0 Å². The Morgan fingerprint density at radius 2 is 1.79 bits per heavy atom. The molecule has 0 spiro atoms. The number of nitrogens with zero attached hydrogens (tertiary/aromatic N) is 1. The molecule has 2 aliphatic heterocycles. The van der Waals surface area contributed by atoms with Crippen LogP contribution in [0.1, 0.15) is 52.4 Å². The number of hydrogen-bond acceptors (Lipinski definition) is 3. The Kier molecular flexibility index (Phi) is 13.2. The third-order valence-corrected chi connectivity index (χ3v) is 5.53. The van der Waals surface area contributed by atoms with E-state index in [1.54, 1.807) is 0 Å². The van der Waals surface area contributed by atoms with Gasteiger partial charge in [-0.2, -0.15) is 0 Å². The molecular formula is C18H37Cl2N3O. The fourth-order valence-corrected chi connectivity index (χ4v) is 3.93. The summed E-state index contributed by atoms with van der Waals surface area (Å²) in [5.74, 6) is 2.20. The molecule has 0 aliphatic carbocycles. The highest BCUT2D eigenvalue weighted by Crippen LogP contribution is 2.24. The van der Waals surface area contributed by atoms with Crippen molar-refractivity contribution < 1.29 is 4.79 Å². The smallest absolute Gasteiger partial charge is 0.220 e. The first-order valence-corrected chi connectivity index (χ1v) is 9.38. The average Bonchev–Trinajstić information content (AvgIpc) is 2.55. The molecule has 0 radical (unpaired) electrons. The molecule has 24 heavy (non-hydrogen) atoms. The molecule has 2 rings (SSSR count). The van der Waals surface area contributed by atoms with E-state index in [0.29, 0.717) is 18.3 Å². The Balaban J connectivity index is 0.00000264. The molecular weight excluding hydrogens is 345 g/mol. The van der Waals surface area contributed by atoms with Crippen LogP contribution in [0.2, 0.25) is 0 Å². The molecule has 2 fully saturated rings. The summed E-state index contributed by atoms with van der Waals surface area (Å²) in [6, 6.07) is 0. The first kappa shape index (κ1) is 24.0. The summed E-state index contributed by atoms with van der Waals surface area (Å²) in [6.07, 6.45) is 6.89. The zero-order valence-corrected chi connectivity index (χ0v) is 17.0. The number of nitrogens with one attached hydrogen (secondary N) is 2. The van der Waals surface area contributed by atoms with Crippen LogP contribution >= 0.6 is 24.8 Å². The molecule has 0 saturated carbocycles. The Morgan fingerprint density at radius 3 is 2.38 bits per heavy atom. The lowest BCUT2D eigenvalue weighted by Gasteiger charge is -2.32. The maximum atomic E-state index is 12.2. The summed E-state index contributed by atoms with van der Waals surface area (Å²) in [6.45, 7) is 11.3. The van der Waals surface area contributed by atoms with Crippen LogP contribution in [-0.2, 0) is 4.79 Å². The highest BCUT2D eigenvalue weighted by atomic mass is 35.5. The van der Waals surface area contributed by atoms with Crippen LogP contribution in [0.25, 0.3) is 0 Å². The van der Waals surface area contributed by atoms with E-state index in [-0.39, 0.29) is 30.7 Å². The molecule has 2 N–H and O–H groups in total. The topological polar surface area (TPSA) is 44.4 Å². The Morgan fingerprint density at radius 1 is 1.17 bits per heavy atom. The number of piperidine rings is 2. The molecule has 0 bridgehead atoms. The zero-order chi connectivity index (χ0) is 15.8. The number of amides is 1. The number of hydrogen-bond donors (Lipinski definition) is 2. The first-order chi connectivity index (χ1) is 10.7. The van der Waals surface area contributed by atoms with Gasteiger partial charge in [0.25, 0.3) is 0 Å². The van der Waals surface area contributed by atoms with Gasteiger partial charge in [0.05, 0.1) is 0 Å².